The Morgan fingerprint density at radius 3 is 2.58 bits per heavy atom. The maximum atomic E-state index is 13.5. The number of pyridine rings is 1. The number of aromatic nitrogens is 3. The monoisotopic (exact) mass is 629 g/mol. The average molecular weight is 631 g/mol. The van der Waals surface area contributed by atoms with Gasteiger partial charge in [-0.3, -0.25) is 9.59 Å². The summed E-state index contributed by atoms with van der Waals surface area (Å²) in [5, 5.41) is 9.72. The van der Waals surface area contributed by atoms with Crippen LogP contribution in [-0.4, -0.2) is 46.8 Å². The Kier molecular flexibility index (Phi) is 8.26. The Bertz CT molecular complexity index is 1550. The predicted molar refractivity (Wildman–Crippen MR) is 140 cm³/mol. The lowest BCUT2D eigenvalue weighted by molar-refractivity contribution is -0.141. The van der Waals surface area contributed by atoms with Crippen molar-refractivity contribution < 1.29 is 27.5 Å². The highest BCUT2D eigenvalue weighted by Gasteiger charge is 2.37. The number of alkyl halides is 3. The van der Waals surface area contributed by atoms with Gasteiger partial charge >= 0.3 is 6.18 Å². The zero-order valence-corrected chi connectivity index (χ0v) is 22.5. The summed E-state index contributed by atoms with van der Waals surface area (Å²) in [6, 6.07) is 10.0. The molecule has 0 spiro atoms. The van der Waals surface area contributed by atoms with E-state index < -0.39 is 29.4 Å². The number of hydrogen-bond donors (Lipinski definition) is 2. The highest BCUT2D eigenvalue weighted by atomic mass is 79.9. The topological polar surface area (TPSA) is 98.1 Å². The molecule has 0 bridgehead atoms. The van der Waals surface area contributed by atoms with E-state index in [1.807, 2.05) is 0 Å². The largest absolute Gasteiger partial charge is 0.435 e. The first kappa shape index (κ1) is 27.8. The van der Waals surface area contributed by atoms with Crippen LogP contribution in [0.25, 0.3) is 16.6 Å². The van der Waals surface area contributed by atoms with Crippen LogP contribution in [0.2, 0.25) is 10.0 Å². The van der Waals surface area contributed by atoms with Crippen LogP contribution in [0.5, 0.6) is 0 Å². The smallest absolute Gasteiger partial charge is 0.383 e. The fraction of sp³-hybridized carbons (Fsp3) is 0.167. The van der Waals surface area contributed by atoms with E-state index >= 15 is 0 Å². The number of halogens is 6. The molecule has 0 aliphatic carbocycles. The van der Waals surface area contributed by atoms with E-state index in [2.05, 4.69) is 36.6 Å². The van der Waals surface area contributed by atoms with Gasteiger partial charge in [-0.25, -0.2) is 9.67 Å². The number of ether oxygens (including phenoxy) is 1. The third kappa shape index (κ3) is 5.78. The first-order valence-electron chi connectivity index (χ1n) is 10.8. The van der Waals surface area contributed by atoms with Gasteiger partial charge in [0.15, 0.2) is 11.5 Å². The molecule has 0 saturated heterocycles. The van der Waals surface area contributed by atoms with Gasteiger partial charge in [-0.05, 0) is 35.7 Å². The molecular formula is C24H17BrCl2F3N5O3. The summed E-state index contributed by atoms with van der Waals surface area (Å²) >= 11 is 16.1. The van der Waals surface area contributed by atoms with Gasteiger partial charge in [-0.15, -0.1) is 0 Å². The van der Waals surface area contributed by atoms with Crippen LogP contribution in [0.1, 0.15) is 26.5 Å². The van der Waals surface area contributed by atoms with Crippen LogP contribution >= 0.6 is 39.1 Å². The predicted octanol–water partition coefficient (Wildman–Crippen LogP) is 6.14. The van der Waals surface area contributed by atoms with Crippen molar-refractivity contribution in [2.24, 2.45) is 0 Å². The summed E-state index contributed by atoms with van der Waals surface area (Å²) in [4.78, 5) is 30.4. The number of carbonyl (C=O) groups is 2. The highest BCUT2D eigenvalue weighted by molar-refractivity contribution is 9.10. The lowest BCUT2D eigenvalue weighted by Gasteiger charge is -2.16. The second kappa shape index (κ2) is 11.3. The van der Waals surface area contributed by atoms with Crippen molar-refractivity contribution >= 4 is 67.4 Å². The number of fused-ring (bicyclic) bond motifs is 1. The van der Waals surface area contributed by atoms with Crippen LogP contribution in [0, 0.1) is 0 Å². The molecule has 4 aromatic rings. The van der Waals surface area contributed by atoms with Crippen molar-refractivity contribution in [2.75, 3.05) is 25.6 Å². The Morgan fingerprint density at radius 2 is 1.89 bits per heavy atom. The van der Waals surface area contributed by atoms with Crippen molar-refractivity contribution in [3.63, 3.8) is 0 Å². The van der Waals surface area contributed by atoms with Gasteiger partial charge in [0, 0.05) is 35.8 Å². The molecule has 0 atom stereocenters. The summed E-state index contributed by atoms with van der Waals surface area (Å²) in [6.07, 6.45) is -3.57. The lowest BCUT2D eigenvalue weighted by Crippen LogP contribution is -2.28. The maximum absolute atomic E-state index is 13.5. The Morgan fingerprint density at radius 1 is 1.13 bits per heavy atom. The SMILES string of the molecule is COCCNC(=O)c1cc2cc(Br)ccc2c(Cl)c1NC(=O)c1cc(C(F)(F)F)nn1-c1ncccc1Cl. The molecule has 2 N–H and O–H groups in total. The molecular weight excluding hydrogens is 614 g/mol. The summed E-state index contributed by atoms with van der Waals surface area (Å²) < 4.78 is 46.9. The van der Waals surface area contributed by atoms with Crippen LogP contribution in [0.3, 0.4) is 0 Å². The van der Waals surface area contributed by atoms with Gasteiger partial charge in [-0.1, -0.05) is 45.2 Å². The van der Waals surface area contributed by atoms with Crippen molar-refractivity contribution in [1.82, 2.24) is 20.1 Å². The number of benzene rings is 2. The number of carbonyl (C=O) groups excluding carboxylic acids is 2. The quantitative estimate of drug-likeness (QED) is 0.239. The lowest BCUT2D eigenvalue weighted by atomic mass is 10.0. The molecule has 0 radical (unpaired) electrons. The van der Waals surface area contributed by atoms with Gasteiger partial charge in [0.05, 0.1) is 27.9 Å². The van der Waals surface area contributed by atoms with Crippen molar-refractivity contribution in [2.45, 2.75) is 6.18 Å². The van der Waals surface area contributed by atoms with E-state index in [1.165, 1.54) is 31.5 Å². The summed E-state index contributed by atoms with van der Waals surface area (Å²) in [5.41, 5.74) is -1.98. The number of nitrogens with one attached hydrogen (secondary N) is 2. The maximum Gasteiger partial charge on any atom is 0.435 e. The number of methoxy groups -OCH3 is 1. The first-order valence-corrected chi connectivity index (χ1v) is 12.3. The second-order valence-electron chi connectivity index (χ2n) is 7.81. The van der Waals surface area contributed by atoms with Gasteiger partial charge in [-0.2, -0.15) is 18.3 Å². The molecule has 2 aromatic carbocycles. The van der Waals surface area contributed by atoms with Crippen molar-refractivity contribution in [3.8, 4) is 5.82 Å². The van der Waals surface area contributed by atoms with Crippen LogP contribution in [-0.2, 0) is 10.9 Å². The molecule has 14 heteroatoms. The highest BCUT2D eigenvalue weighted by Crippen LogP contribution is 2.37. The Hall–Kier alpha value is -3.19. The summed E-state index contributed by atoms with van der Waals surface area (Å²) in [7, 11) is 1.47. The van der Waals surface area contributed by atoms with E-state index in [1.54, 1.807) is 18.2 Å². The molecule has 8 nitrogen and oxygen atoms in total. The average Bonchev–Trinajstić information content (AvgIpc) is 3.32. The van der Waals surface area contributed by atoms with E-state index in [-0.39, 0.29) is 40.3 Å². The fourth-order valence-corrected chi connectivity index (χ4v) is 4.45. The Balaban J connectivity index is 1.83. The summed E-state index contributed by atoms with van der Waals surface area (Å²) in [6.45, 7) is 0.390. The summed E-state index contributed by atoms with van der Waals surface area (Å²) in [5.74, 6) is -1.81. The van der Waals surface area contributed by atoms with Crippen molar-refractivity contribution in [3.05, 3.63) is 80.1 Å². The molecule has 0 saturated carbocycles. The molecule has 198 valence electrons. The Labute approximate surface area is 232 Å². The van der Waals surface area contributed by atoms with Crippen molar-refractivity contribution in [1.29, 1.82) is 0 Å². The first-order chi connectivity index (χ1) is 18.0. The molecule has 2 heterocycles. The number of hydrogen-bond acceptors (Lipinski definition) is 5. The zero-order chi connectivity index (χ0) is 27.6. The van der Waals surface area contributed by atoms with Gasteiger partial charge in [0.1, 0.15) is 5.69 Å². The van der Waals surface area contributed by atoms with E-state index in [4.69, 9.17) is 27.9 Å². The van der Waals surface area contributed by atoms with Crippen LogP contribution in [0.4, 0.5) is 18.9 Å². The third-order valence-corrected chi connectivity index (χ3v) is 6.47. The molecule has 0 aliphatic heterocycles. The molecule has 0 fully saturated rings. The molecule has 0 aliphatic rings. The van der Waals surface area contributed by atoms with Crippen LogP contribution < -0.4 is 10.6 Å². The molecule has 0 unspecified atom stereocenters. The molecule has 4 rings (SSSR count). The van der Waals surface area contributed by atoms with E-state index in [9.17, 15) is 22.8 Å². The second-order valence-corrected chi connectivity index (χ2v) is 9.52. The molecule has 2 aromatic heterocycles. The van der Waals surface area contributed by atoms with Crippen LogP contribution in [0.15, 0.2) is 53.1 Å². The van der Waals surface area contributed by atoms with E-state index in [0.717, 1.165) is 4.47 Å². The number of amides is 2. The third-order valence-electron chi connectivity index (χ3n) is 5.29. The fourth-order valence-electron chi connectivity index (χ4n) is 3.55. The minimum atomic E-state index is -4.86. The number of rotatable bonds is 7. The van der Waals surface area contributed by atoms with Gasteiger partial charge in [0.25, 0.3) is 11.8 Å². The standard InChI is InChI=1S/C24H17BrCl2F3N5O3/c1-38-8-7-32-22(36)15-10-12-9-13(25)4-5-14(12)19(27)20(15)33-23(37)17-11-18(24(28,29)30)34-35(17)21-16(26)3-2-6-31-21/h2-6,9-11H,7-8H2,1H3,(H,32,36)(H,33,37). The number of nitrogens with zero attached hydrogens (tertiary/aromatic N) is 3. The minimum absolute atomic E-state index is 0.0111. The van der Waals surface area contributed by atoms with Gasteiger partial charge in [0.2, 0.25) is 0 Å². The normalized spacial score (nSPS) is 11.6. The minimum Gasteiger partial charge on any atom is -0.383 e. The molecule has 38 heavy (non-hydrogen) atoms. The van der Waals surface area contributed by atoms with E-state index in [0.29, 0.717) is 21.5 Å². The van der Waals surface area contributed by atoms with Gasteiger partial charge < -0.3 is 15.4 Å². The number of anilines is 1. The molecule has 2 amide bonds. The zero-order valence-electron chi connectivity index (χ0n) is 19.4.